The molecule has 0 N–H and O–H groups in total. The van der Waals surface area contributed by atoms with Crippen LogP contribution in [0.25, 0.3) is 0 Å². The van der Waals surface area contributed by atoms with E-state index in [9.17, 15) is 0 Å². The zero-order chi connectivity index (χ0) is 14.6. The van der Waals surface area contributed by atoms with Gasteiger partial charge in [0.1, 0.15) is 5.75 Å². The van der Waals surface area contributed by atoms with Gasteiger partial charge in [0.15, 0.2) is 0 Å². The second kappa shape index (κ2) is 11.2. The van der Waals surface area contributed by atoms with E-state index in [1.807, 2.05) is 0 Å². The molecule has 0 amide bonds. The molecular weight excluding hydrogens is 312 g/mol. The summed E-state index contributed by atoms with van der Waals surface area (Å²) in [4.78, 5) is 0. The van der Waals surface area contributed by atoms with Crippen molar-refractivity contribution in [3.63, 3.8) is 0 Å². The molecule has 1 aromatic carbocycles. The number of benzene rings is 1. The van der Waals surface area contributed by atoms with Crippen LogP contribution < -0.4 is 4.74 Å². The number of rotatable bonds is 11. The van der Waals surface area contributed by atoms with Gasteiger partial charge < -0.3 is 4.74 Å². The van der Waals surface area contributed by atoms with Crippen LogP contribution in [0.3, 0.4) is 0 Å². The summed E-state index contributed by atoms with van der Waals surface area (Å²) >= 11 is 3.67. The number of halogens is 1. The molecule has 1 rings (SSSR count). The summed E-state index contributed by atoms with van der Waals surface area (Å²) in [6, 6.07) is 8.50. The zero-order valence-corrected chi connectivity index (χ0v) is 14.6. The Labute approximate surface area is 133 Å². The van der Waals surface area contributed by atoms with Gasteiger partial charge in [-0.3, -0.25) is 0 Å². The summed E-state index contributed by atoms with van der Waals surface area (Å²) in [5.41, 5.74) is 1.42. The van der Waals surface area contributed by atoms with Gasteiger partial charge in [0.05, 0.1) is 7.11 Å². The predicted octanol–water partition coefficient (Wildman–Crippen LogP) is 6.00. The van der Waals surface area contributed by atoms with Crippen LogP contribution in [0.15, 0.2) is 24.3 Å². The third kappa shape index (κ3) is 7.33. The van der Waals surface area contributed by atoms with E-state index in [1.165, 1.54) is 56.9 Å². The predicted molar refractivity (Wildman–Crippen MR) is 92.0 cm³/mol. The molecule has 1 nitrogen and oxygen atoms in total. The first kappa shape index (κ1) is 17.6. The lowest BCUT2D eigenvalue weighted by Gasteiger charge is -2.14. The maximum atomic E-state index is 5.20. The van der Waals surface area contributed by atoms with Crippen molar-refractivity contribution in [3.05, 3.63) is 29.8 Å². The average molecular weight is 341 g/mol. The van der Waals surface area contributed by atoms with Crippen molar-refractivity contribution in [1.82, 2.24) is 0 Å². The van der Waals surface area contributed by atoms with Gasteiger partial charge >= 0.3 is 0 Å². The first-order valence-corrected chi connectivity index (χ1v) is 9.11. The maximum absolute atomic E-state index is 5.20. The van der Waals surface area contributed by atoms with Crippen molar-refractivity contribution < 1.29 is 4.74 Å². The number of methoxy groups -OCH3 is 1. The van der Waals surface area contributed by atoms with Crippen LogP contribution in [0.1, 0.15) is 57.4 Å². The van der Waals surface area contributed by atoms with E-state index in [0.29, 0.717) is 0 Å². The summed E-state index contributed by atoms with van der Waals surface area (Å²) in [7, 11) is 1.72. The second-order valence-electron chi connectivity index (χ2n) is 5.63. The van der Waals surface area contributed by atoms with Crippen molar-refractivity contribution >= 4 is 15.9 Å². The van der Waals surface area contributed by atoms with Crippen LogP contribution in [0, 0.1) is 5.92 Å². The van der Waals surface area contributed by atoms with E-state index in [4.69, 9.17) is 4.74 Å². The van der Waals surface area contributed by atoms with Crippen LogP contribution in [0.5, 0.6) is 5.75 Å². The largest absolute Gasteiger partial charge is 0.497 e. The zero-order valence-electron chi connectivity index (χ0n) is 13.0. The van der Waals surface area contributed by atoms with Crippen molar-refractivity contribution in [2.45, 2.75) is 58.3 Å². The van der Waals surface area contributed by atoms with Gasteiger partial charge in [-0.2, -0.15) is 0 Å². The molecule has 1 atom stereocenters. The van der Waals surface area contributed by atoms with Crippen molar-refractivity contribution in [1.29, 1.82) is 0 Å². The van der Waals surface area contributed by atoms with Gasteiger partial charge in [0, 0.05) is 5.33 Å². The minimum Gasteiger partial charge on any atom is -0.497 e. The Bertz CT molecular complexity index is 334. The van der Waals surface area contributed by atoms with Crippen LogP contribution in [0.4, 0.5) is 0 Å². The van der Waals surface area contributed by atoms with Gasteiger partial charge in [0.25, 0.3) is 0 Å². The highest BCUT2D eigenvalue weighted by Gasteiger charge is 2.08. The lowest BCUT2D eigenvalue weighted by molar-refractivity contribution is 0.414. The first-order valence-electron chi connectivity index (χ1n) is 7.99. The molecule has 2 heteroatoms. The Kier molecular flexibility index (Phi) is 9.82. The quantitative estimate of drug-likeness (QED) is 0.354. The van der Waals surface area contributed by atoms with Crippen molar-refractivity contribution in [2.24, 2.45) is 5.92 Å². The molecule has 0 spiro atoms. The van der Waals surface area contributed by atoms with Gasteiger partial charge in [-0.05, 0) is 36.5 Å². The van der Waals surface area contributed by atoms with E-state index < -0.39 is 0 Å². The molecule has 0 fully saturated rings. The highest BCUT2D eigenvalue weighted by Crippen LogP contribution is 2.20. The number of alkyl halides is 1. The SMILES string of the molecule is CCCCCCCCC(CBr)Cc1ccc(OC)cc1. The van der Waals surface area contributed by atoms with Crippen LogP contribution in [0.2, 0.25) is 0 Å². The molecule has 1 aromatic rings. The van der Waals surface area contributed by atoms with Crippen molar-refractivity contribution in [3.8, 4) is 5.75 Å². The van der Waals surface area contributed by atoms with Gasteiger partial charge in [-0.15, -0.1) is 0 Å². The second-order valence-corrected chi connectivity index (χ2v) is 6.28. The third-order valence-electron chi connectivity index (χ3n) is 3.87. The molecule has 0 radical (unpaired) electrons. The summed E-state index contributed by atoms with van der Waals surface area (Å²) in [6.07, 6.45) is 10.8. The summed E-state index contributed by atoms with van der Waals surface area (Å²) < 4.78 is 5.20. The van der Waals surface area contributed by atoms with E-state index in [-0.39, 0.29) is 0 Å². The van der Waals surface area contributed by atoms with Crippen LogP contribution in [-0.4, -0.2) is 12.4 Å². The monoisotopic (exact) mass is 340 g/mol. The fourth-order valence-corrected chi connectivity index (χ4v) is 3.09. The Morgan fingerprint density at radius 3 is 2.25 bits per heavy atom. The Hall–Kier alpha value is -0.500. The maximum Gasteiger partial charge on any atom is 0.118 e. The molecule has 0 aliphatic carbocycles. The summed E-state index contributed by atoms with van der Waals surface area (Å²) in [5, 5.41) is 1.11. The minimum absolute atomic E-state index is 0.759. The molecular formula is C18H29BrO. The average Bonchev–Trinajstić information content (AvgIpc) is 2.50. The first-order chi connectivity index (χ1) is 9.80. The molecule has 0 bridgehead atoms. The molecule has 0 aliphatic rings. The summed E-state index contributed by atoms with van der Waals surface area (Å²) in [5.74, 6) is 1.70. The molecule has 1 unspecified atom stereocenters. The normalized spacial score (nSPS) is 12.3. The van der Waals surface area contributed by atoms with Gasteiger partial charge in [-0.25, -0.2) is 0 Å². The standard InChI is InChI=1S/C18H29BrO/c1-3-4-5-6-7-8-9-17(15-19)14-16-10-12-18(20-2)13-11-16/h10-13,17H,3-9,14-15H2,1-2H3. The lowest BCUT2D eigenvalue weighted by Crippen LogP contribution is -2.06. The highest BCUT2D eigenvalue weighted by atomic mass is 79.9. The molecule has 20 heavy (non-hydrogen) atoms. The van der Waals surface area contributed by atoms with E-state index in [0.717, 1.165) is 17.0 Å². The van der Waals surface area contributed by atoms with E-state index in [1.54, 1.807) is 7.11 Å². The molecule has 0 saturated carbocycles. The highest BCUT2D eigenvalue weighted by molar-refractivity contribution is 9.09. The fourth-order valence-electron chi connectivity index (χ4n) is 2.54. The Morgan fingerprint density at radius 1 is 1.00 bits per heavy atom. The van der Waals surface area contributed by atoms with E-state index >= 15 is 0 Å². The van der Waals surface area contributed by atoms with Crippen LogP contribution in [-0.2, 0) is 6.42 Å². The molecule has 114 valence electrons. The fraction of sp³-hybridized carbons (Fsp3) is 0.667. The number of hydrogen-bond acceptors (Lipinski definition) is 1. The van der Waals surface area contributed by atoms with Crippen molar-refractivity contribution in [2.75, 3.05) is 12.4 Å². The third-order valence-corrected chi connectivity index (χ3v) is 4.78. The summed E-state index contributed by atoms with van der Waals surface area (Å²) in [6.45, 7) is 2.27. The lowest BCUT2D eigenvalue weighted by atomic mass is 9.95. The van der Waals surface area contributed by atoms with Gasteiger partial charge in [0.2, 0.25) is 0 Å². The van der Waals surface area contributed by atoms with Crippen LogP contribution >= 0.6 is 15.9 Å². The number of ether oxygens (including phenoxy) is 1. The molecule has 0 heterocycles. The number of unbranched alkanes of at least 4 members (excludes halogenated alkanes) is 5. The molecule has 0 aliphatic heterocycles. The van der Waals surface area contributed by atoms with E-state index in [2.05, 4.69) is 47.1 Å². The minimum atomic E-state index is 0.759. The number of hydrogen-bond donors (Lipinski definition) is 0. The topological polar surface area (TPSA) is 9.23 Å². The smallest absolute Gasteiger partial charge is 0.118 e. The molecule has 0 saturated heterocycles. The molecule has 0 aromatic heterocycles. The Morgan fingerprint density at radius 2 is 1.65 bits per heavy atom. The Balaban J connectivity index is 2.24. The van der Waals surface area contributed by atoms with Gasteiger partial charge in [-0.1, -0.05) is 73.5 Å².